The van der Waals surface area contributed by atoms with Gasteiger partial charge in [0.05, 0.1) is 16.5 Å². The summed E-state index contributed by atoms with van der Waals surface area (Å²) in [5.74, 6) is -1.86. The van der Waals surface area contributed by atoms with E-state index in [0.717, 1.165) is 11.6 Å². The van der Waals surface area contributed by atoms with Crippen LogP contribution in [0, 0.1) is 0 Å². The molecule has 1 saturated heterocycles. The third-order valence-corrected chi connectivity index (χ3v) is 11.4. The van der Waals surface area contributed by atoms with Gasteiger partial charge in [0.25, 0.3) is 5.91 Å². The first kappa shape index (κ1) is 32.5. The van der Waals surface area contributed by atoms with E-state index in [-0.39, 0.29) is 53.0 Å². The Morgan fingerprint density at radius 1 is 0.889 bits per heavy atom. The number of amides is 1. The lowest BCUT2D eigenvalue weighted by atomic mass is 9.76. The number of aromatic carboxylic acids is 1. The lowest BCUT2D eigenvalue weighted by Crippen LogP contribution is -2.53. The van der Waals surface area contributed by atoms with Crippen molar-refractivity contribution in [3.63, 3.8) is 0 Å². The lowest BCUT2D eigenvalue weighted by molar-refractivity contribution is -0.348. The molecule has 1 fully saturated rings. The number of hydrogen-bond acceptors (Lipinski definition) is 4. The summed E-state index contributed by atoms with van der Waals surface area (Å²) in [4.78, 5) is 26.1. The maximum atomic E-state index is 15.0. The van der Waals surface area contributed by atoms with Crippen LogP contribution in [0.4, 0.5) is 30.7 Å². The Labute approximate surface area is 253 Å². The Bertz CT molecular complexity index is 1740. The van der Waals surface area contributed by atoms with Crippen molar-refractivity contribution in [2.75, 3.05) is 6.54 Å². The topological polar surface area (TPSA) is 91.8 Å². The minimum Gasteiger partial charge on any atom is -0.478 e. The summed E-state index contributed by atoms with van der Waals surface area (Å²) in [6.45, 7) is 1.71. The second kappa shape index (κ2) is 10.8. The number of carboxylic acids is 1. The van der Waals surface area contributed by atoms with E-state index in [1.807, 2.05) is 6.92 Å². The van der Waals surface area contributed by atoms with Gasteiger partial charge in [-0.05, 0) is 78.8 Å². The van der Waals surface area contributed by atoms with Gasteiger partial charge in [0.1, 0.15) is 4.75 Å². The third-order valence-electron chi connectivity index (χ3n) is 8.83. The Morgan fingerprint density at radius 3 is 2.00 bits per heavy atom. The van der Waals surface area contributed by atoms with Crippen molar-refractivity contribution >= 4 is 21.7 Å². The monoisotopic (exact) mass is 657 g/mol. The maximum Gasteiger partial charge on any atom is 0.435 e. The summed E-state index contributed by atoms with van der Waals surface area (Å²) in [6.07, 6.45) is -12.8. The number of aryl methyl sites for hydroxylation is 2. The molecule has 3 aromatic rings. The first-order valence-corrected chi connectivity index (χ1v) is 15.3. The first-order chi connectivity index (χ1) is 20.9. The van der Waals surface area contributed by atoms with Crippen LogP contribution in [0.1, 0.15) is 62.7 Å². The summed E-state index contributed by atoms with van der Waals surface area (Å²) in [7, 11) is -4.48. The highest BCUT2D eigenvalue weighted by Crippen LogP contribution is 2.56. The van der Waals surface area contributed by atoms with Crippen LogP contribution in [0.15, 0.2) is 71.6 Å². The molecule has 1 N–H and O–H groups in total. The molecule has 0 saturated carbocycles. The zero-order valence-electron chi connectivity index (χ0n) is 23.5. The fraction of sp³-hybridized carbons (Fsp3) is 0.355. The Hall–Kier alpha value is -3.94. The molecule has 2 aliphatic rings. The van der Waals surface area contributed by atoms with Gasteiger partial charge < -0.3 is 10.0 Å². The Kier molecular flexibility index (Phi) is 7.82. The van der Waals surface area contributed by atoms with Gasteiger partial charge >= 0.3 is 24.0 Å². The van der Waals surface area contributed by atoms with Crippen LogP contribution in [0.2, 0.25) is 0 Å². The van der Waals surface area contributed by atoms with Crippen LogP contribution in [-0.2, 0) is 33.1 Å². The van der Waals surface area contributed by atoms with E-state index >= 15 is 4.39 Å². The zero-order valence-corrected chi connectivity index (χ0v) is 24.4. The molecule has 2 atom stereocenters. The fourth-order valence-electron chi connectivity index (χ4n) is 6.51. The number of likely N-dealkylation sites (tertiary alicyclic amines) is 1. The van der Waals surface area contributed by atoms with Crippen molar-refractivity contribution in [1.29, 1.82) is 0 Å². The van der Waals surface area contributed by atoms with E-state index < -0.39 is 56.1 Å². The molecule has 3 aromatic carbocycles. The van der Waals surface area contributed by atoms with Gasteiger partial charge in [-0.2, -0.15) is 26.3 Å². The molecular formula is C31H26F7NO5S. The summed E-state index contributed by atoms with van der Waals surface area (Å²) in [5.41, 5.74) is -6.96. The predicted molar refractivity (Wildman–Crippen MR) is 147 cm³/mol. The number of carboxylic acid groups (broad SMARTS) is 1. The maximum absolute atomic E-state index is 15.0. The molecule has 5 rings (SSSR count). The van der Waals surface area contributed by atoms with Gasteiger partial charge in [-0.3, -0.25) is 4.79 Å². The summed E-state index contributed by atoms with van der Waals surface area (Å²) in [6, 6.07) is 11.3. The van der Waals surface area contributed by atoms with E-state index in [1.54, 1.807) is 12.1 Å². The standard InChI is InChI=1S/C31H26F7NO5S/c1-2-18-3-11-23(12-4-18)45(43,44)28-15-16-39(26(40)19-5-7-20(8-6-19)27(41)42)25(28)14-9-21-17-22(10-13-24(21)28)29(32,30(33,34)35)31(36,37)38/h3-8,10-13,17,25H,2,9,14-16H2,1H3,(H,41,42). The number of halogens is 7. The van der Waals surface area contributed by atoms with Gasteiger partial charge in [0, 0.05) is 17.7 Å². The molecule has 2 unspecified atom stereocenters. The van der Waals surface area contributed by atoms with E-state index in [0.29, 0.717) is 18.6 Å². The molecule has 1 aliphatic carbocycles. The Morgan fingerprint density at radius 2 is 1.47 bits per heavy atom. The van der Waals surface area contributed by atoms with E-state index in [9.17, 15) is 49.5 Å². The number of carbonyl (C=O) groups excluding carboxylic acids is 1. The third kappa shape index (κ3) is 4.88. The smallest absolute Gasteiger partial charge is 0.435 e. The second-order valence-electron chi connectivity index (χ2n) is 11.1. The fourth-order valence-corrected chi connectivity index (χ4v) is 8.88. The van der Waals surface area contributed by atoms with Crippen LogP contribution in [-0.4, -0.2) is 55.2 Å². The summed E-state index contributed by atoms with van der Waals surface area (Å²) in [5, 5.41) is 9.19. The molecule has 1 aliphatic heterocycles. The van der Waals surface area contributed by atoms with Crippen molar-refractivity contribution in [2.24, 2.45) is 0 Å². The van der Waals surface area contributed by atoms with Crippen molar-refractivity contribution in [2.45, 2.75) is 66.3 Å². The number of alkyl halides is 7. The number of nitrogens with zero attached hydrogens (tertiary/aromatic N) is 1. The molecule has 14 heteroatoms. The van der Waals surface area contributed by atoms with E-state index in [2.05, 4.69) is 0 Å². The average Bonchev–Trinajstić information content (AvgIpc) is 3.40. The summed E-state index contributed by atoms with van der Waals surface area (Å²) >= 11 is 0. The van der Waals surface area contributed by atoms with Crippen LogP contribution < -0.4 is 0 Å². The van der Waals surface area contributed by atoms with E-state index in [1.165, 1.54) is 41.3 Å². The second-order valence-corrected chi connectivity index (χ2v) is 13.3. The number of benzene rings is 3. The largest absolute Gasteiger partial charge is 0.478 e. The molecule has 0 aromatic heterocycles. The van der Waals surface area contributed by atoms with Gasteiger partial charge in [0.2, 0.25) is 0 Å². The SMILES string of the molecule is CCc1ccc(S(=O)(=O)C23CCN(C(=O)c4ccc(C(=O)O)cc4)C2CCc2cc(C(F)(C(F)(F)F)C(F)(F)F)ccc23)cc1. The van der Waals surface area contributed by atoms with Crippen molar-refractivity contribution in [3.8, 4) is 0 Å². The Balaban J connectivity index is 1.68. The van der Waals surface area contributed by atoms with Crippen molar-refractivity contribution < 1.29 is 53.8 Å². The van der Waals surface area contributed by atoms with Gasteiger partial charge in [-0.15, -0.1) is 0 Å². The van der Waals surface area contributed by atoms with Crippen molar-refractivity contribution in [1.82, 2.24) is 4.90 Å². The molecule has 0 bridgehead atoms. The molecule has 1 amide bonds. The molecular weight excluding hydrogens is 631 g/mol. The predicted octanol–water partition coefficient (Wildman–Crippen LogP) is 6.77. The minimum atomic E-state index is -6.35. The highest BCUT2D eigenvalue weighted by atomic mass is 32.2. The summed E-state index contributed by atoms with van der Waals surface area (Å²) < 4.78 is 124. The molecule has 0 radical (unpaired) electrons. The van der Waals surface area contributed by atoms with Crippen molar-refractivity contribution in [3.05, 3.63) is 100 Å². The lowest BCUT2D eigenvalue weighted by Gasteiger charge is -2.43. The average molecular weight is 658 g/mol. The number of hydrogen-bond donors (Lipinski definition) is 1. The number of sulfone groups is 1. The molecule has 0 spiro atoms. The highest BCUT2D eigenvalue weighted by Gasteiger charge is 2.73. The van der Waals surface area contributed by atoms with Gasteiger partial charge in [-0.1, -0.05) is 37.3 Å². The van der Waals surface area contributed by atoms with Crippen LogP contribution >= 0.6 is 0 Å². The molecule has 45 heavy (non-hydrogen) atoms. The van der Waals surface area contributed by atoms with Gasteiger partial charge in [0.15, 0.2) is 9.84 Å². The normalized spacial score (nSPS) is 20.4. The van der Waals surface area contributed by atoms with E-state index in [4.69, 9.17) is 0 Å². The van der Waals surface area contributed by atoms with Crippen LogP contribution in [0.3, 0.4) is 0 Å². The molecule has 6 nitrogen and oxygen atoms in total. The quantitative estimate of drug-likeness (QED) is 0.296. The van der Waals surface area contributed by atoms with Crippen LogP contribution in [0.5, 0.6) is 0 Å². The number of carbonyl (C=O) groups is 2. The van der Waals surface area contributed by atoms with Crippen LogP contribution in [0.25, 0.3) is 0 Å². The molecule has 240 valence electrons. The van der Waals surface area contributed by atoms with Gasteiger partial charge in [-0.25, -0.2) is 17.6 Å². The first-order valence-electron chi connectivity index (χ1n) is 13.8. The highest BCUT2D eigenvalue weighted by molar-refractivity contribution is 7.92. The zero-order chi connectivity index (χ0) is 33.2. The number of fused-ring (bicyclic) bond motifs is 3. The molecule has 1 heterocycles. The minimum absolute atomic E-state index is 0.0548. The number of rotatable bonds is 6.